The molecule has 6 nitrogen and oxygen atoms in total. The fraction of sp³-hybridized carbons (Fsp3) is 0.500. The van der Waals surface area contributed by atoms with Crippen LogP contribution in [0.2, 0.25) is 0 Å². The molecule has 0 unspecified atom stereocenters. The third-order valence-corrected chi connectivity index (χ3v) is 5.94. The molecule has 0 bridgehead atoms. The molecule has 2 aliphatic rings. The minimum absolute atomic E-state index is 0.0810. The lowest BCUT2D eigenvalue weighted by atomic mass is 9.81. The molecular weight excluding hydrogens is 433 g/mol. The molecule has 176 valence electrons. The van der Waals surface area contributed by atoms with Gasteiger partial charge < -0.3 is 14.4 Å². The van der Waals surface area contributed by atoms with Crippen molar-refractivity contribution in [3.63, 3.8) is 0 Å². The number of nitrogens with zero attached hydrogens (tertiary/aromatic N) is 1. The van der Waals surface area contributed by atoms with Crippen molar-refractivity contribution in [2.45, 2.75) is 38.0 Å². The van der Waals surface area contributed by atoms with Crippen LogP contribution in [0, 0.1) is 5.82 Å². The van der Waals surface area contributed by atoms with Gasteiger partial charge in [0.2, 0.25) is 0 Å². The highest BCUT2D eigenvalue weighted by molar-refractivity contribution is 7.85. The number of benzene rings is 2. The third kappa shape index (κ3) is 6.67. The molecule has 1 N–H and O–H groups in total. The van der Waals surface area contributed by atoms with Gasteiger partial charge in [-0.05, 0) is 73.5 Å². The lowest BCUT2D eigenvalue weighted by Crippen LogP contribution is -2.29. The first-order valence-electron chi connectivity index (χ1n) is 10.9. The van der Waals surface area contributed by atoms with Crippen molar-refractivity contribution < 1.29 is 26.8 Å². The fourth-order valence-electron chi connectivity index (χ4n) is 4.54. The third-order valence-electron chi connectivity index (χ3n) is 5.94. The van der Waals surface area contributed by atoms with Crippen LogP contribution in [0.1, 0.15) is 41.0 Å². The molecule has 1 aliphatic carbocycles. The van der Waals surface area contributed by atoms with Gasteiger partial charge in [-0.25, -0.2) is 4.39 Å². The van der Waals surface area contributed by atoms with E-state index in [1.807, 2.05) is 0 Å². The maximum absolute atomic E-state index is 14.6. The van der Waals surface area contributed by atoms with E-state index in [-0.39, 0.29) is 11.7 Å². The van der Waals surface area contributed by atoms with E-state index in [0.29, 0.717) is 6.26 Å². The first kappa shape index (κ1) is 24.5. The maximum atomic E-state index is 14.6. The number of hydrogen-bond donors (Lipinski definition) is 1. The number of ether oxygens (including phenoxy) is 2. The number of likely N-dealkylation sites (N-methyl/N-ethyl adjacent to an activating group) is 1. The maximum Gasteiger partial charge on any atom is 0.261 e. The fourth-order valence-corrected chi connectivity index (χ4v) is 4.54. The summed E-state index contributed by atoms with van der Waals surface area (Å²) in [7, 11) is 0.147. The van der Waals surface area contributed by atoms with E-state index in [1.54, 1.807) is 19.2 Å². The predicted molar refractivity (Wildman–Crippen MR) is 123 cm³/mol. The summed E-state index contributed by atoms with van der Waals surface area (Å²) in [6, 6.07) is 9.85. The Morgan fingerprint density at radius 3 is 2.72 bits per heavy atom. The molecule has 0 spiro atoms. The predicted octanol–water partition coefficient (Wildman–Crippen LogP) is 3.87. The second-order valence-corrected chi connectivity index (χ2v) is 9.98. The van der Waals surface area contributed by atoms with Crippen molar-refractivity contribution in [3.8, 4) is 11.5 Å². The monoisotopic (exact) mass is 465 g/mol. The smallest absolute Gasteiger partial charge is 0.261 e. The van der Waals surface area contributed by atoms with Gasteiger partial charge in [0.1, 0.15) is 17.3 Å². The Labute approximate surface area is 190 Å². The summed E-state index contributed by atoms with van der Waals surface area (Å²) in [5.74, 6) is 2.03. The zero-order valence-electron chi connectivity index (χ0n) is 18.9. The van der Waals surface area contributed by atoms with Crippen molar-refractivity contribution in [2.75, 3.05) is 40.1 Å². The Morgan fingerprint density at radius 1 is 1.25 bits per heavy atom. The molecule has 0 fully saturated rings. The molecule has 0 aromatic heterocycles. The summed E-state index contributed by atoms with van der Waals surface area (Å²) in [5, 5.41) is 0. The van der Waals surface area contributed by atoms with Crippen LogP contribution in [-0.2, 0) is 29.4 Å². The highest BCUT2D eigenvalue weighted by Crippen LogP contribution is 2.38. The molecule has 1 atom stereocenters. The Balaban J connectivity index is 0.000000523. The molecule has 0 amide bonds. The van der Waals surface area contributed by atoms with E-state index >= 15 is 0 Å². The van der Waals surface area contributed by atoms with Crippen LogP contribution in [-0.4, -0.2) is 58.0 Å². The quantitative estimate of drug-likeness (QED) is 0.653. The first-order valence-corrected chi connectivity index (χ1v) is 12.7. The molecule has 4 rings (SSSR count). The van der Waals surface area contributed by atoms with Crippen molar-refractivity contribution in [1.82, 2.24) is 4.90 Å². The second kappa shape index (κ2) is 10.6. The van der Waals surface area contributed by atoms with Gasteiger partial charge in [0.15, 0.2) is 0 Å². The number of halogens is 1. The molecule has 2 aromatic carbocycles. The summed E-state index contributed by atoms with van der Waals surface area (Å²) >= 11 is 0. The molecule has 32 heavy (non-hydrogen) atoms. The van der Waals surface area contributed by atoms with Crippen LogP contribution in [0.3, 0.4) is 0 Å². The zero-order chi connectivity index (χ0) is 23.3. The van der Waals surface area contributed by atoms with Gasteiger partial charge in [0.25, 0.3) is 10.1 Å². The standard InChI is InChI=1S/C23H28FNO2.CH4O3S/c1-25(12-10-16-6-8-21-17(14-16)11-13-27-21)15-18-4-3-5-19-22(26-2)9-7-20(24)23(18)19;1-5(2,3)4/h6-9,14,18H,3-5,10-13,15H2,1-2H3;1H3,(H,2,3,4)/t18-;/m0./s1. The summed E-state index contributed by atoms with van der Waals surface area (Å²) in [4.78, 5) is 2.34. The van der Waals surface area contributed by atoms with Gasteiger partial charge in [-0.1, -0.05) is 12.1 Å². The topological polar surface area (TPSA) is 76.1 Å². The first-order chi connectivity index (χ1) is 15.2. The van der Waals surface area contributed by atoms with Crippen molar-refractivity contribution in [1.29, 1.82) is 0 Å². The highest BCUT2D eigenvalue weighted by atomic mass is 32.2. The van der Waals surface area contributed by atoms with Gasteiger partial charge in [-0.15, -0.1) is 0 Å². The van der Waals surface area contributed by atoms with Crippen LogP contribution in [0.15, 0.2) is 30.3 Å². The zero-order valence-corrected chi connectivity index (χ0v) is 19.8. The van der Waals surface area contributed by atoms with E-state index < -0.39 is 10.1 Å². The molecule has 1 heterocycles. The van der Waals surface area contributed by atoms with Gasteiger partial charge in [-0.2, -0.15) is 8.42 Å². The van der Waals surface area contributed by atoms with Crippen LogP contribution in [0.5, 0.6) is 11.5 Å². The molecule has 8 heteroatoms. The minimum Gasteiger partial charge on any atom is -0.496 e. The lowest BCUT2D eigenvalue weighted by molar-refractivity contribution is 0.295. The lowest BCUT2D eigenvalue weighted by Gasteiger charge is -2.30. The van der Waals surface area contributed by atoms with E-state index in [4.69, 9.17) is 14.0 Å². The van der Waals surface area contributed by atoms with Crippen LogP contribution in [0.4, 0.5) is 4.39 Å². The summed E-state index contributed by atoms with van der Waals surface area (Å²) in [6.07, 6.45) is 5.78. The van der Waals surface area contributed by atoms with Gasteiger partial charge >= 0.3 is 0 Å². The number of fused-ring (bicyclic) bond motifs is 2. The minimum atomic E-state index is -3.67. The second-order valence-electron chi connectivity index (χ2n) is 8.52. The average molecular weight is 466 g/mol. The highest BCUT2D eigenvalue weighted by Gasteiger charge is 2.27. The van der Waals surface area contributed by atoms with E-state index in [0.717, 1.165) is 74.4 Å². The Hall–Kier alpha value is -2.16. The van der Waals surface area contributed by atoms with E-state index in [9.17, 15) is 12.8 Å². The number of hydrogen-bond acceptors (Lipinski definition) is 5. The molecular formula is C24H32FNO5S. The average Bonchev–Trinajstić information content (AvgIpc) is 3.19. The van der Waals surface area contributed by atoms with Gasteiger partial charge in [0.05, 0.1) is 20.0 Å². The van der Waals surface area contributed by atoms with Crippen molar-refractivity contribution in [3.05, 3.63) is 58.4 Å². The van der Waals surface area contributed by atoms with Crippen LogP contribution >= 0.6 is 0 Å². The number of methoxy groups -OCH3 is 1. The SMILES string of the molecule is COc1ccc(F)c2c1CCC[C@H]2CN(C)CCc1ccc2c(c1)CCO2.CS(=O)(=O)O. The van der Waals surface area contributed by atoms with E-state index in [2.05, 4.69) is 30.1 Å². The Kier molecular flexibility index (Phi) is 8.14. The molecule has 1 aliphatic heterocycles. The number of rotatable bonds is 6. The Bertz CT molecular complexity index is 1030. The summed E-state index contributed by atoms with van der Waals surface area (Å²) < 4.78 is 51.5. The van der Waals surface area contributed by atoms with Gasteiger partial charge in [-0.3, -0.25) is 4.55 Å². The largest absolute Gasteiger partial charge is 0.496 e. The van der Waals surface area contributed by atoms with E-state index in [1.165, 1.54) is 11.1 Å². The summed E-state index contributed by atoms with van der Waals surface area (Å²) in [6.45, 7) is 2.65. The normalized spacial score (nSPS) is 17.1. The summed E-state index contributed by atoms with van der Waals surface area (Å²) in [5.41, 5.74) is 4.62. The van der Waals surface area contributed by atoms with Crippen molar-refractivity contribution in [2.24, 2.45) is 0 Å². The van der Waals surface area contributed by atoms with Crippen molar-refractivity contribution >= 4 is 10.1 Å². The molecule has 0 radical (unpaired) electrons. The van der Waals surface area contributed by atoms with Crippen LogP contribution < -0.4 is 9.47 Å². The molecule has 2 aromatic rings. The van der Waals surface area contributed by atoms with Gasteiger partial charge in [0, 0.05) is 25.1 Å². The van der Waals surface area contributed by atoms with Crippen LogP contribution in [0.25, 0.3) is 0 Å². The molecule has 0 saturated heterocycles. The Morgan fingerprint density at radius 2 is 2.00 bits per heavy atom. The molecule has 0 saturated carbocycles.